The van der Waals surface area contributed by atoms with Gasteiger partial charge < -0.3 is 20.1 Å². The zero-order valence-corrected chi connectivity index (χ0v) is 16.0. The Kier molecular flexibility index (Phi) is 5.65. The van der Waals surface area contributed by atoms with Crippen LogP contribution in [0.5, 0.6) is 0 Å². The van der Waals surface area contributed by atoms with Crippen LogP contribution in [0.3, 0.4) is 0 Å². The molecule has 0 aliphatic heterocycles. The van der Waals surface area contributed by atoms with E-state index >= 15 is 0 Å². The van der Waals surface area contributed by atoms with Crippen LogP contribution in [-0.4, -0.2) is 28.6 Å². The molecule has 1 amide bonds. The zero-order valence-electron chi connectivity index (χ0n) is 16.0. The van der Waals surface area contributed by atoms with Crippen molar-refractivity contribution < 1.29 is 19.4 Å². The molecular formula is C21H26N2O4. The molecule has 0 fully saturated rings. The van der Waals surface area contributed by atoms with Gasteiger partial charge >= 0.3 is 5.97 Å². The first-order valence-electron chi connectivity index (χ1n) is 9.30. The fourth-order valence-electron chi connectivity index (χ4n) is 3.94. The number of carbonyl (C=O) groups excluding carboxylic acids is 2. The van der Waals surface area contributed by atoms with E-state index in [1.807, 2.05) is 18.2 Å². The lowest BCUT2D eigenvalue weighted by molar-refractivity contribution is -0.125. The van der Waals surface area contributed by atoms with Crippen molar-refractivity contribution in [2.75, 3.05) is 6.61 Å². The van der Waals surface area contributed by atoms with Gasteiger partial charge in [0.05, 0.1) is 12.1 Å². The maximum Gasteiger partial charge on any atom is 0.355 e. The average molecular weight is 370 g/mol. The Bertz CT molecular complexity index is 854. The highest BCUT2D eigenvalue weighted by atomic mass is 16.5. The highest BCUT2D eigenvalue weighted by molar-refractivity contribution is 5.91. The maximum atomic E-state index is 12.3. The van der Waals surface area contributed by atoms with Gasteiger partial charge in [-0.1, -0.05) is 24.3 Å². The summed E-state index contributed by atoms with van der Waals surface area (Å²) in [5.41, 5.74) is 4.73. The van der Waals surface area contributed by atoms with Gasteiger partial charge in [-0.2, -0.15) is 0 Å². The van der Waals surface area contributed by atoms with Crippen molar-refractivity contribution in [1.29, 1.82) is 0 Å². The summed E-state index contributed by atoms with van der Waals surface area (Å²) in [7, 11) is 0. The van der Waals surface area contributed by atoms with Crippen molar-refractivity contribution >= 4 is 11.9 Å². The number of carbonyl (C=O) groups is 2. The van der Waals surface area contributed by atoms with Gasteiger partial charge in [0.15, 0.2) is 6.61 Å². The van der Waals surface area contributed by atoms with E-state index in [1.54, 1.807) is 20.8 Å². The third kappa shape index (κ3) is 4.06. The summed E-state index contributed by atoms with van der Waals surface area (Å²) in [5.74, 6) is -0.913. The summed E-state index contributed by atoms with van der Waals surface area (Å²) < 4.78 is 5.18. The number of aromatic amines is 1. The van der Waals surface area contributed by atoms with Crippen molar-refractivity contribution in [2.24, 2.45) is 0 Å². The van der Waals surface area contributed by atoms with E-state index in [1.165, 1.54) is 5.56 Å². The Morgan fingerprint density at radius 3 is 2.78 bits per heavy atom. The van der Waals surface area contributed by atoms with Gasteiger partial charge in [-0.05, 0) is 56.7 Å². The molecule has 6 nitrogen and oxygen atoms in total. The van der Waals surface area contributed by atoms with Crippen LogP contribution in [0.2, 0.25) is 0 Å². The van der Waals surface area contributed by atoms with Crippen molar-refractivity contribution in [1.82, 2.24) is 10.3 Å². The number of ether oxygens (including phenoxy) is 1. The van der Waals surface area contributed by atoms with Crippen molar-refractivity contribution in [3.63, 3.8) is 0 Å². The predicted octanol–water partition coefficient (Wildman–Crippen LogP) is 3.04. The molecule has 1 aliphatic carbocycles. The van der Waals surface area contributed by atoms with Gasteiger partial charge in [-0.15, -0.1) is 0 Å². The van der Waals surface area contributed by atoms with Gasteiger partial charge in [0, 0.05) is 11.3 Å². The van der Waals surface area contributed by atoms with E-state index in [9.17, 15) is 14.7 Å². The Morgan fingerprint density at radius 2 is 2.07 bits per heavy atom. The van der Waals surface area contributed by atoms with E-state index < -0.39 is 12.1 Å². The van der Waals surface area contributed by atoms with Gasteiger partial charge in [0.2, 0.25) is 0 Å². The second-order valence-electron chi connectivity index (χ2n) is 7.13. The minimum absolute atomic E-state index is 0.0440. The number of fused-ring (bicyclic) bond motifs is 1. The van der Waals surface area contributed by atoms with Crippen molar-refractivity contribution in [3.8, 4) is 0 Å². The molecule has 0 saturated carbocycles. The van der Waals surface area contributed by atoms with Crippen LogP contribution in [0.1, 0.15) is 70.3 Å². The van der Waals surface area contributed by atoms with Crippen LogP contribution < -0.4 is 5.32 Å². The molecule has 1 heterocycles. The van der Waals surface area contributed by atoms with E-state index in [0.29, 0.717) is 11.1 Å². The van der Waals surface area contributed by atoms with E-state index in [2.05, 4.69) is 16.4 Å². The number of aliphatic hydroxyl groups is 1. The topological polar surface area (TPSA) is 91.4 Å². The summed E-state index contributed by atoms with van der Waals surface area (Å²) in [6, 6.07) is 8.06. The number of amides is 1. The largest absolute Gasteiger partial charge is 0.451 e. The quantitative estimate of drug-likeness (QED) is 0.706. The van der Waals surface area contributed by atoms with E-state index in [-0.39, 0.29) is 24.2 Å². The minimum Gasteiger partial charge on any atom is -0.451 e. The Labute approximate surface area is 158 Å². The van der Waals surface area contributed by atoms with Gasteiger partial charge in [0.25, 0.3) is 5.91 Å². The predicted molar refractivity (Wildman–Crippen MR) is 101 cm³/mol. The molecule has 144 valence electrons. The SMILES string of the molecule is Cc1[nH]c(C(=O)OCC(=O)N[C@H]2CCCc3ccccc32)c(C)c1[C@H](C)O. The number of aromatic nitrogens is 1. The molecule has 1 aromatic carbocycles. The molecule has 27 heavy (non-hydrogen) atoms. The first-order chi connectivity index (χ1) is 12.9. The van der Waals surface area contributed by atoms with Gasteiger partial charge in [0.1, 0.15) is 5.69 Å². The summed E-state index contributed by atoms with van der Waals surface area (Å²) in [6.45, 7) is 4.85. The minimum atomic E-state index is -0.683. The lowest BCUT2D eigenvalue weighted by Gasteiger charge is -2.26. The molecule has 6 heteroatoms. The maximum absolute atomic E-state index is 12.3. The summed E-state index contributed by atoms with van der Waals surface area (Å²) in [4.78, 5) is 27.6. The van der Waals surface area contributed by atoms with Crippen LogP contribution in [0.15, 0.2) is 24.3 Å². The normalized spacial score (nSPS) is 17.1. The van der Waals surface area contributed by atoms with E-state index in [4.69, 9.17) is 4.74 Å². The van der Waals surface area contributed by atoms with Crippen LogP contribution in [0.4, 0.5) is 0 Å². The number of H-pyrrole nitrogens is 1. The number of rotatable bonds is 5. The molecule has 3 rings (SSSR count). The highest BCUT2D eigenvalue weighted by Gasteiger charge is 2.24. The molecule has 0 spiro atoms. The molecule has 0 unspecified atom stereocenters. The number of esters is 1. The fraction of sp³-hybridized carbons (Fsp3) is 0.429. The van der Waals surface area contributed by atoms with Crippen LogP contribution in [-0.2, 0) is 16.0 Å². The first kappa shape index (κ1) is 19.2. The Balaban J connectivity index is 1.60. The third-order valence-corrected chi connectivity index (χ3v) is 5.16. The standard InChI is InChI=1S/C21H26N2O4/c1-12-19(14(3)24)13(2)22-20(12)21(26)27-11-18(25)23-17-10-6-8-15-7-4-5-9-16(15)17/h4-5,7,9,14,17,22,24H,6,8,10-11H2,1-3H3,(H,23,25)/t14-,17-/m0/s1. The van der Waals surface area contributed by atoms with Crippen molar-refractivity contribution in [3.05, 3.63) is 57.9 Å². The molecule has 2 atom stereocenters. The zero-order chi connectivity index (χ0) is 19.6. The summed E-state index contributed by atoms with van der Waals surface area (Å²) >= 11 is 0. The van der Waals surface area contributed by atoms with Gasteiger partial charge in [-0.25, -0.2) is 4.79 Å². The molecule has 1 aliphatic rings. The molecule has 1 aromatic heterocycles. The van der Waals surface area contributed by atoms with Crippen LogP contribution in [0.25, 0.3) is 0 Å². The van der Waals surface area contributed by atoms with E-state index in [0.717, 1.165) is 30.5 Å². The van der Waals surface area contributed by atoms with Crippen LogP contribution >= 0.6 is 0 Å². The van der Waals surface area contributed by atoms with Crippen LogP contribution in [0, 0.1) is 13.8 Å². The fourth-order valence-corrected chi connectivity index (χ4v) is 3.94. The number of hydrogen-bond donors (Lipinski definition) is 3. The number of benzene rings is 1. The first-order valence-corrected chi connectivity index (χ1v) is 9.30. The third-order valence-electron chi connectivity index (χ3n) is 5.16. The highest BCUT2D eigenvalue weighted by Crippen LogP contribution is 2.29. The molecule has 0 bridgehead atoms. The lowest BCUT2D eigenvalue weighted by atomic mass is 9.88. The number of hydrogen-bond acceptors (Lipinski definition) is 4. The molecule has 0 saturated heterocycles. The Hall–Kier alpha value is -2.60. The molecule has 2 aromatic rings. The van der Waals surface area contributed by atoms with Crippen molar-refractivity contribution in [2.45, 2.75) is 52.2 Å². The van der Waals surface area contributed by atoms with Gasteiger partial charge in [-0.3, -0.25) is 4.79 Å². The molecular weight excluding hydrogens is 344 g/mol. The number of aliphatic hydroxyl groups excluding tert-OH is 1. The summed E-state index contributed by atoms with van der Waals surface area (Å²) in [6.07, 6.45) is 2.24. The Morgan fingerprint density at radius 1 is 1.33 bits per heavy atom. The lowest BCUT2D eigenvalue weighted by Crippen LogP contribution is -2.34. The second-order valence-corrected chi connectivity index (χ2v) is 7.13. The number of nitrogens with one attached hydrogen (secondary N) is 2. The monoisotopic (exact) mass is 370 g/mol. The molecule has 3 N–H and O–H groups in total. The number of aryl methyl sites for hydroxylation is 2. The molecule has 0 radical (unpaired) electrons. The smallest absolute Gasteiger partial charge is 0.355 e. The summed E-state index contributed by atoms with van der Waals surface area (Å²) in [5, 5.41) is 12.8. The second kappa shape index (κ2) is 7.96. The average Bonchev–Trinajstić information content (AvgIpc) is 2.94.